The molecule has 0 aromatic heterocycles. The van der Waals surface area contributed by atoms with Crippen molar-refractivity contribution in [2.75, 3.05) is 0 Å². The molecule has 0 saturated heterocycles. The first-order valence-corrected chi connectivity index (χ1v) is 5.00. The van der Waals surface area contributed by atoms with Crippen LogP contribution in [0.1, 0.15) is 46.5 Å². The van der Waals surface area contributed by atoms with E-state index in [1.165, 1.54) is 12.8 Å². The van der Waals surface area contributed by atoms with Crippen LogP contribution in [-0.4, -0.2) is 12.2 Å². The summed E-state index contributed by atoms with van der Waals surface area (Å²) in [5.41, 5.74) is 0. The highest BCUT2D eigenvalue weighted by atomic mass is 17.2. The van der Waals surface area contributed by atoms with E-state index in [1.54, 1.807) is 0 Å². The average molecular weight is 172 g/mol. The summed E-state index contributed by atoms with van der Waals surface area (Å²) >= 11 is 0. The Morgan fingerprint density at radius 2 is 1.67 bits per heavy atom. The molecule has 0 N–H and O–H groups in total. The van der Waals surface area contributed by atoms with Crippen molar-refractivity contribution in [2.45, 2.75) is 58.7 Å². The minimum Gasteiger partial charge on any atom is -0.234 e. The Morgan fingerprint density at radius 3 is 2.17 bits per heavy atom. The van der Waals surface area contributed by atoms with Gasteiger partial charge in [-0.15, -0.1) is 0 Å². The van der Waals surface area contributed by atoms with Crippen molar-refractivity contribution in [1.82, 2.24) is 0 Å². The van der Waals surface area contributed by atoms with Crippen molar-refractivity contribution >= 4 is 0 Å². The highest BCUT2D eigenvalue weighted by molar-refractivity contribution is 4.68. The summed E-state index contributed by atoms with van der Waals surface area (Å²) in [7, 11) is 0. The van der Waals surface area contributed by atoms with Gasteiger partial charge in [-0.2, -0.15) is 0 Å². The standard InChI is InChI=1S/C10H20O2/c1-8(2)11-12-10-6-4-9(3)5-7-10/h8-10H,4-7H2,1-3H3. The van der Waals surface area contributed by atoms with Crippen LogP contribution < -0.4 is 0 Å². The molecule has 1 aliphatic carbocycles. The van der Waals surface area contributed by atoms with E-state index in [1.807, 2.05) is 13.8 Å². The van der Waals surface area contributed by atoms with Crippen molar-refractivity contribution in [3.05, 3.63) is 0 Å². The highest BCUT2D eigenvalue weighted by Gasteiger charge is 2.19. The smallest absolute Gasteiger partial charge is 0.0930 e. The van der Waals surface area contributed by atoms with Gasteiger partial charge in [-0.25, -0.2) is 9.78 Å². The molecule has 0 aromatic rings. The molecule has 12 heavy (non-hydrogen) atoms. The van der Waals surface area contributed by atoms with Crippen LogP contribution >= 0.6 is 0 Å². The first-order chi connectivity index (χ1) is 5.68. The van der Waals surface area contributed by atoms with Crippen molar-refractivity contribution < 1.29 is 9.78 Å². The van der Waals surface area contributed by atoms with Gasteiger partial charge in [-0.3, -0.25) is 0 Å². The van der Waals surface area contributed by atoms with Crippen molar-refractivity contribution in [1.29, 1.82) is 0 Å². The maximum atomic E-state index is 5.29. The van der Waals surface area contributed by atoms with Crippen LogP contribution in [-0.2, 0) is 9.78 Å². The van der Waals surface area contributed by atoms with Gasteiger partial charge in [0.05, 0.1) is 12.2 Å². The Balaban J connectivity index is 2.09. The fraction of sp³-hybridized carbons (Fsp3) is 1.00. The van der Waals surface area contributed by atoms with Gasteiger partial charge in [0.1, 0.15) is 0 Å². The zero-order valence-corrected chi connectivity index (χ0v) is 8.38. The van der Waals surface area contributed by atoms with Crippen molar-refractivity contribution in [3.63, 3.8) is 0 Å². The monoisotopic (exact) mass is 172 g/mol. The van der Waals surface area contributed by atoms with Gasteiger partial charge in [-0.1, -0.05) is 6.92 Å². The third-order valence-electron chi connectivity index (χ3n) is 2.35. The Hall–Kier alpha value is -0.0800. The van der Waals surface area contributed by atoms with E-state index in [2.05, 4.69) is 6.92 Å². The van der Waals surface area contributed by atoms with Crippen LogP contribution in [0.25, 0.3) is 0 Å². The van der Waals surface area contributed by atoms with Gasteiger partial charge in [0.15, 0.2) is 0 Å². The maximum Gasteiger partial charge on any atom is 0.0930 e. The van der Waals surface area contributed by atoms with E-state index in [0.717, 1.165) is 18.8 Å². The minimum absolute atomic E-state index is 0.185. The molecular formula is C10H20O2. The van der Waals surface area contributed by atoms with Gasteiger partial charge >= 0.3 is 0 Å². The molecule has 1 rings (SSSR count). The summed E-state index contributed by atoms with van der Waals surface area (Å²) in [5.74, 6) is 0.879. The predicted octanol–water partition coefficient (Wildman–Crippen LogP) is 2.92. The fourth-order valence-corrected chi connectivity index (χ4v) is 1.52. The van der Waals surface area contributed by atoms with E-state index in [-0.39, 0.29) is 6.10 Å². The third kappa shape index (κ3) is 3.55. The summed E-state index contributed by atoms with van der Waals surface area (Å²) < 4.78 is 0. The number of rotatable bonds is 3. The van der Waals surface area contributed by atoms with Crippen molar-refractivity contribution in [3.8, 4) is 0 Å². The van der Waals surface area contributed by atoms with Crippen LogP contribution in [0.15, 0.2) is 0 Å². The van der Waals surface area contributed by atoms with Gasteiger partial charge < -0.3 is 0 Å². The molecule has 0 atom stereocenters. The molecule has 72 valence electrons. The van der Waals surface area contributed by atoms with Gasteiger partial charge in [0, 0.05) is 0 Å². The molecule has 1 aliphatic rings. The second-order valence-electron chi connectivity index (χ2n) is 4.12. The normalized spacial score (nSPS) is 31.0. The molecule has 0 radical (unpaired) electrons. The third-order valence-corrected chi connectivity index (χ3v) is 2.35. The van der Waals surface area contributed by atoms with Gasteiger partial charge in [0.25, 0.3) is 0 Å². The molecule has 0 unspecified atom stereocenters. The topological polar surface area (TPSA) is 18.5 Å². The lowest BCUT2D eigenvalue weighted by Gasteiger charge is -2.25. The van der Waals surface area contributed by atoms with E-state index < -0.39 is 0 Å². The Morgan fingerprint density at radius 1 is 1.08 bits per heavy atom. The zero-order chi connectivity index (χ0) is 8.97. The molecule has 1 saturated carbocycles. The molecule has 2 nitrogen and oxygen atoms in total. The molecule has 0 bridgehead atoms. The minimum atomic E-state index is 0.185. The predicted molar refractivity (Wildman–Crippen MR) is 48.7 cm³/mol. The van der Waals surface area contributed by atoms with Crippen LogP contribution in [0.4, 0.5) is 0 Å². The summed E-state index contributed by atoms with van der Waals surface area (Å²) in [5, 5.41) is 0. The largest absolute Gasteiger partial charge is 0.234 e. The second kappa shape index (κ2) is 4.83. The molecule has 0 spiro atoms. The highest BCUT2D eigenvalue weighted by Crippen LogP contribution is 2.25. The van der Waals surface area contributed by atoms with Gasteiger partial charge in [0.2, 0.25) is 0 Å². The summed E-state index contributed by atoms with van der Waals surface area (Å²) in [4.78, 5) is 10.4. The summed E-state index contributed by atoms with van der Waals surface area (Å²) in [6.45, 7) is 6.29. The molecule has 2 heteroatoms. The number of hydrogen-bond acceptors (Lipinski definition) is 2. The van der Waals surface area contributed by atoms with Crippen LogP contribution in [0.2, 0.25) is 0 Å². The van der Waals surface area contributed by atoms with Gasteiger partial charge in [-0.05, 0) is 45.4 Å². The lowest BCUT2D eigenvalue weighted by atomic mass is 9.89. The molecule has 0 aromatic carbocycles. The quantitative estimate of drug-likeness (QED) is 0.481. The molecule has 0 heterocycles. The first kappa shape index (κ1) is 10.0. The second-order valence-corrected chi connectivity index (χ2v) is 4.12. The molecule has 1 fully saturated rings. The van der Waals surface area contributed by atoms with E-state index in [0.29, 0.717) is 6.10 Å². The Bertz CT molecular complexity index is 115. The zero-order valence-electron chi connectivity index (χ0n) is 8.38. The Kier molecular flexibility index (Phi) is 4.02. The van der Waals surface area contributed by atoms with Crippen LogP contribution in [0.3, 0.4) is 0 Å². The average Bonchev–Trinajstić information content (AvgIpc) is 2.03. The SMILES string of the molecule is CC1CCC(OOC(C)C)CC1. The maximum absolute atomic E-state index is 5.29. The number of hydrogen-bond donors (Lipinski definition) is 0. The fourth-order valence-electron chi connectivity index (χ4n) is 1.52. The Labute approximate surface area is 75.2 Å². The molecular weight excluding hydrogens is 152 g/mol. The lowest BCUT2D eigenvalue weighted by Crippen LogP contribution is -2.22. The molecule has 0 aliphatic heterocycles. The van der Waals surface area contributed by atoms with E-state index in [9.17, 15) is 0 Å². The summed E-state index contributed by atoms with van der Waals surface area (Å²) in [6, 6.07) is 0. The summed E-state index contributed by atoms with van der Waals surface area (Å²) in [6.07, 6.45) is 5.42. The van der Waals surface area contributed by atoms with E-state index >= 15 is 0 Å². The van der Waals surface area contributed by atoms with Crippen molar-refractivity contribution in [2.24, 2.45) is 5.92 Å². The van der Waals surface area contributed by atoms with Crippen LogP contribution in [0, 0.1) is 5.92 Å². The van der Waals surface area contributed by atoms with E-state index in [4.69, 9.17) is 9.78 Å². The van der Waals surface area contributed by atoms with Crippen LogP contribution in [0.5, 0.6) is 0 Å². The molecule has 0 amide bonds. The lowest BCUT2D eigenvalue weighted by molar-refractivity contribution is -0.348. The first-order valence-electron chi connectivity index (χ1n) is 5.00.